The van der Waals surface area contributed by atoms with E-state index in [0.29, 0.717) is 0 Å². The van der Waals surface area contributed by atoms with Crippen LogP contribution in [0.15, 0.2) is 18.3 Å². The van der Waals surface area contributed by atoms with E-state index in [0.717, 1.165) is 18.3 Å². The normalized spacial score (nSPS) is 11.4. The average molecular weight is 205 g/mol. The molecule has 1 aromatic heterocycles. The Balaban J connectivity index is 2.99. The summed E-state index contributed by atoms with van der Waals surface area (Å²) in [5.41, 5.74) is -0.992. The second-order valence-corrected chi connectivity index (χ2v) is 2.58. The summed E-state index contributed by atoms with van der Waals surface area (Å²) < 4.78 is 37.1. The van der Waals surface area contributed by atoms with Crippen LogP contribution < -0.4 is 0 Å². The Kier molecular flexibility index (Phi) is 2.73. The van der Waals surface area contributed by atoms with Crippen molar-refractivity contribution in [2.24, 2.45) is 0 Å². The summed E-state index contributed by atoms with van der Waals surface area (Å²) in [6, 6.07) is 1.75. The van der Waals surface area contributed by atoms with Crippen molar-refractivity contribution in [3.8, 4) is 0 Å². The van der Waals surface area contributed by atoms with Crippen molar-refractivity contribution in [3.63, 3.8) is 0 Å². The van der Waals surface area contributed by atoms with Crippen LogP contribution in [-0.2, 0) is 5.92 Å². The molecule has 1 N–H and O–H groups in total. The van der Waals surface area contributed by atoms with Gasteiger partial charge >= 0.3 is 11.9 Å². The van der Waals surface area contributed by atoms with E-state index < -0.39 is 24.3 Å². The van der Waals surface area contributed by atoms with Gasteiger partial charge in [0.2, 0.25) is 0 Å². The molecule has 0 saturated carbocycles. The molecule has 0 fully saturated rings. The van der Waals surface area contributed by atoms with Crippen LogP contribution >= 0.6 is 0 Å². The van der Waals surface area contributed by atoms with Crippen molar-refractivity contribution in [3.05, 3.63) is 29.6 Å². The number of halogens is 3. The highest BCUT2D eigenvalue weighted by Crippen LogP contribution is 2.26. The van der Waals surface area contributed by atoms with Gasteiger partial charge in [0.1, 0.15) is 5.69 Å². The molecule has 0 aliphatic carbocycles. The van der Waals surface area contributed by atoms with E-state index in [1.165, 1.54) is 0 Å². The Bertz CT molecular complexity index is 337. The van der Waals surface area contributed by atoms with Crippen molar-refractivity contribution in [1.29, 1.82) is 0 Å². The van der Waals surface area contributed by atoms with Crippen LogP contribution in [-0.4, -0.2) is 22.7 Å². The van der Waals surface area contributed by atoms with Crippen molar-refractivity contribution in [2.45, 2.75) is 5.92 Å². The molecular formula is C8H6F3NO2. The number of nitrogens with zero attached hydrogens (tertiary/aromatic N) is 1. The van der Waals surface area contributed by atoms with Crippen LogP contribution in [0.3, 0.4) is 0 Å². The van der Waals surface area contributed by atoms with Crippen molar-refractivity contribution < 1.29 is 23.1 Å². The quantitative estimate of drug-likeness (QED) is 0.819. The third kappa shape index (κ3) is 2.01. The first kappa shape index (κ1) is 10.5. The number of hydrogen-bond donors (Lipinski definition) is 1. The Morgan fingerprint density at radius 1 is 1.50 bits per heavy atom. The first-order chi connectivity index (χ1) is 6.47. The summed E-state index contributed by atoms with van der Waals surface area (Å²) in [4.78, 5) is 13.5. The van der Waals surface area contributed by atoms with Crippen molar-refractivity contribution in [2.75, 3.05) is 6.67 Å². The second-order valence-electron chi connectivity index (χ2n) is 2.58. The van der Waals surface area contributed by atoms with Crippen LogP contribution in [0.25, 0.3) is 0 Å². The summed E-state index contributed by atoms with van der Waals surface area (Å²) in [6.45, 7) is -1.85. The smallest absolute Gasteiger partial charge is 0.337 e. The third-order valence-corrected chi connectivity index (χ3v) is 1.55. The lowest BCUT2D eigenvalue weighted by Crippen LogP contribution is -2.17. The average Bonchev–Trinajstić information content (AvgIpc) is 2.18. The van der Waals surface area contributed by atoms with Gasteiger partial charge in [-0.3, -0.25) is 4.98 Å². The molecule has 0 aromatic carbocycles. The summed E-state index contributed by atoms with van der Waals surface area (Å²) in [5.74, 6) is -4.93. The van der Waals surface area contributed by atoms with Crippen LogP contribution in [0.1, 0.15) is 16.1 Å². The summed E-state index contributed by atoms with van der Waals surface area (Å²) in [5, 5.41) is 8.43. The number of aromatic nitrogens is 1. The van der Waals surface area contributed by atoms with Gasteiger partial charge < -0.3 is 5.11 Å². The SMILES string of the molecule is O=C(O)c1ccc(C(F)(F)CF)nc1. The Morgan fingerprint density at radius 2 is 2.14 bits per heavy atom. The molecule has 0 bridgehead atoms. The van der Waals surface area contributed by atoms with Gasteiger partial charge in [-0.2, -0.15) is 8.78 Å². The van der Waals surface area contributed by atoms with Gasteiger partial charge in [-0.15, -0.1) is 0 Å². The zero-order chi connectivity index (χ0) is 10.8. The third-order valence-electron chi connectivity index (χ3n) is 1.55. The monoisotopic (exact) mass is 205 g/mol. The predicted molar refractivity (Wildman–Crippen MR) is 41.1 cm³/mol. The topological polar surface area (TPSA) is 50.2 Å². The zero-order valence-corrected chi connectivity index (χ0v) is 6.88. The number of alkyl halides is 3. The predicted octanol–water partition coefficient (Wildman–Crippen LogP) is 1.84. The lowest BCUT2D eigenvalue weighted by Gasteiger charge is -2.10. The standard InChI is InChI=1S/C8H6F3NO2/c9-4-8(10,11)6-2-1-5(3-12-6)7(13)14/h1-3H,4H2,(H,13,14). The second kappa shape index (κ2) is 3.65. The summed E-state index contributed by atoms with van der Waals surface area (Å²) >= 11 is 0. The minimum atomic E-state index is -3.66. The molecule has 6 heteroatoms. The van der Waals surface area contributed by atoms with Gasteiger partial charge in [0, 0.05) is 6.20 Å². The molecule has 0 atom stereocenters. The van der Waals surface area contributed by atoms with E-state index in [4.69, 9.17) is 5.11 Å². The molecule has 3 nitrogen and oxygen atoms in total. The molecule has 0 aliphatic rings. The highest BCUT2D eigenvalue weighted by molar-refractivity contribution is 5.87. The number of pyridine rings is 1. The fourth-order valence-electron chi connectivity index (χ4n) is 0.805. The number of carboxylic acids is 1. The number of aromatic carboxylic acids is 1. The first-order valence-electron chi connectivity index (χ1n) is 3.61. The van der Waals surface area contributed by atoms with E-state index in [2.05, 4.69) is 4.98 Å². The highest BCUT2D eigenvalue weighted by Gasteiger charge is 2.33. The minimum Gasteiger partial charge on any atom is -0.478 e. The van der Waals surface area contributed by atoms with E-state index in [1.807, 2.05) is 0 Å². The van der Waals surface area contributed by atoms with Crippen molar-refractivity contribution in [1.82, 2.24) is 4.98 Å². The summed E-state index contributed by atoms with van der Waals surface area (Å²) in [7, 11) is 0. The Morgan fingerprint density at radius 3 is 2.50 bits per heavy atom. The first-order valence-corrected chi connectivity index (χ1v) is 3.61. The molecule has 1 heterocycles. The van der Waals surface area contributed by atoms with E-state index in [-0.39, 0.29) is 5.56 Å². The zero-order valence-electron chi connectivity index (χ0n) is 6.88. The fraction of sp³-hybridized carbons (Fsp3) is 0.250. The molecule has 0 aliphatic heterocycles. The Labute approximate surface area is 77.2 Å². The molecule has 1 aromatic rings. The maximum Gasteiger partial charge on any atom is 0.337 e. The van der Waals surface area contributed by atoms with Crippen molar-refractivity contribution >= 4 is 5.97 Å². The number of rotatable bonds is 3. The van der Waals surface area contributed by atoms with E-state index >= 15 is 0 Å². The molecule has 0 unspecified atom stereocenters. The molecule has 0 saturated heterocycles. The largest absolute Gasteiger partial charge is 0.478 e. The molecule has 1 rings (SSSR count). The minimum absolute atomic E-state index is 0.219. The molecule has 0 amide bonds. The number of carboxylic acid groups (broad SMARTS) is 1. The van der Waals surface area contributed by atoms with Gasteiger partial charge in [-0.25, -0.2) is 9.18 Å². The number of carbonyl (C=O) groups is 1. The van der Waals surface area contributed by atoms with Gasteiger partial charge in [0.05, 0.1) is 5.56 Å². The van der Waals surface area contributed by atoms with Crippen LogP contribution in [0, 0.1) is 0 Å². The van der Waals surface area contributed by atoms with Gasteiger partial charge in [-0.05, 0) is 12.1 Å². The van der Waals surface area contributed by atoms with E-state index in [1.54, 1.807) is 0 Å². The van der Waals surface area contributed by atoms with Crippen LogP contribution in [0.2, 0.25) is 0 Å². The van der Waals surface area contributed by atoms with Crippen LogP contribution in [0.5, 0.6) is 0 Å². The highest BCUT2D eigenvalue weighted by atomic mass is 19.3. The molecule has 14 heavy (non-hydrogen) atoms. The molecule has 76 valence electrons. The summed E-state index contributed by atoms with van der Waals surface area (Å²) in [6.07, 6.45) is 0.765. The van der Waals surface area contributed by atoms with Crippen LogP contribution in [0.4, 0.5) is 13.2 Å². The van der Waals surface area contributed by atoms with E-state index in [9.17, 15) is 18.0 Å². The lowest BCUT2D eigenvalue weighted by molar-refractivity contribution is -0.0322. The lowest BCUT2D eigenvalue weighted by atomic mass is 10.2. The Hall–Kier alpha value is -1.59. The molecule has 0 radical (unpaired) electrons. The van der Waals surface area contributed by atoms with Gasteiger partial charge in [0.15, 0.2) is 6.67 Å². The maximum atomic E-state index is 12.6. The van der Waals surface area contributed by atoms with Gasteiger partial charge in [-0.1, -0.05) is 0 Å². The number of hydrogen-bond acceptors (Lipinski definition) is 2. The molecule has 0 spiro atoms. The maximum absolute atomic E-state index is 12.6. The fourth-order valence-corrected chi connectivity index (χ4v) is 0.805. The molecular weight excluding hydrogens is 199 g/mol. The van der Waals surface area contributed by atoms with Gasteiger partial charge in [0.25, 0.3) is 0 Å².